The molecule has 4 aromatic rings. The molecule has 6 nitrogen and oxygen atoms in total. The van der Waals surface area contributed by atoms with E-state index in [4.69, 9.17) is 0 Å². The summed E-state index contributed by atoms with van der Waals surface area (Å²) >= 11 is 3.16. The molecule has 0 saturated carbocycles. The number of nitrogens with zero attached hydrogens (tertiary/aromatic N) is 4. The smallest absolute Gasteiger partial charge is 0.234 e. The Labute approximate surface area is 170 Å². The van der Waals surface area contributed by atoms with Crippen molar-refractivity contribution in [3.8, 4) is 0 Å². The first kappa shape index (κ1) is 17.6. The Hall–Kier alpha value is -2.45. The highest BCUT2D eigenvalue weighted by atomic mass is 32.2. The van der Waals surface area contributed by atoms with E-state index in [2.05, 4.69) is 27.4 Å². The van der Waals surface area contributed by atoms with Crippen molar-refractivity contribution in [2.24, 2.45) is 5.92 Å². The van der Waals surface area contributed by atoms with E-state index in [-0.39, 0.29) is 11.7 Å². The van der Waals surface area contributed by atoms with Crippen LogP contribution in [0.5, 0.6) is 0 Å². The summed E-state index contributed by atoms with van der Waals surface area (Å²) in [4.78, 5) is 19.4. The molecule has 1 aliphatic carbocycles. The minimum Gasteiger partial charge on any atom is -0.325 e. The van der Waals surface area contributed by atoms with Gasteiger partial charge < -0.3 is 5.32 Å². The summed E-state index contributed by atoms with van der Waals surface area (Å²) in [6.45, 7) is 2.31. The maximum Gasteiger partial charge on any atom is 0.234 e. The third-order valence-electron chi connectivity index (χ3n) is 5.06. The number of thioether (sulfide) groups is 1. The zero-order valence-corrected chi connectivity index (χ0v) is 17.0. The Morgan fingerprint density at radius 2 is 2.18 bits per heavy atom. The fourth-order valence-corrected chi connectivity index (χ4v) is 5.72. The van der Waals surface area contributed by atoms with E-state index in [1.807, 2.05) is 34.7 Å². The van der Waals surface area contributed by atoms with Crippen LogP contribution in [0, 0.1) is 5.92 Å². The fourth-order valence-electron chi connectivity index (χ4n) is 3.67. The van der Waals surface area contributed by atoms with Crippen LogP contribution in [0.1, 0.15) is 23.8 Å². The van der Waals surface area contributed by atoms with Gasteiger partial charge in [-0.05, 0) is 42.9 Å². The van der Waals surface area contributed by atoms with Crippen LogP contribution >= 0.6 is 23.1 Å². The second kappa shape index (κ2) is 7.18. The second-order valence-electron chi connectivity index (χ2n) is 7.16. The van der Waals surface area contributed by atoms with E-state index in [0.29, 0.717) is 5.16 Å². The highest BCUT2D eigenvalue weighted by molar-refractivity contribution is 7.99. The molecule has 0 aliphatic heterocycles. The third kappa shape index (κ3) is 3.16. The van der Waals surface area contributed by atoms with E-state index < -0.39 is 0 Å². The highest BCUT2D eigenvalue weighted by Gasteiger charge is 2.24. The molecule has 1 aromatic carbocycles. The van der Waals surface area contributed by atoms with Crippen LogP contribution in [-0.2, 0) is 17.6 Å². The normalized spacial score (nSPS) is 16.4. The first-order valence-corrected chi connectivity index (χ1v) is 11.1. The van der Waals surface area contributed by atoms with Crippen molar-refractivity contribution in [2.45, 2.75) is 31.3 Å². The Kier molecular flexibility index (Phi) is 4.52. The lowest BCUT2D eigenvalue weighted by Gasteiger charge is -2.17. The molecule has 0 bridgehead atoms. The minimum absolute atomic E-state index is 0.0658. The lowest BCUT2D eigenvalue weighted by molar-refractivity contribution is -0.113. The molecule has 1 atom stereocenters. The van der Waals surface area contributed by atoms with Crippen LogP contribution < -0.4 is 5.32 Å². The summed E-state index contributed by atoms with van der Waals surface area (Å²) in [5.41, 5.74) is 3.03. The molecule has 28 heavy (non-hydrogen) atoms. The van der Waals surface area contributed by atoms with Crippen molar-refractivity contribution >= 4 is 50.6 Å². The number of para-hydroxylation sites is 1. The predicted octanol–water partition coefficient (Wildman–Crippen LogP) is 4.19. The van der Waals surface area contributed by atoms with Gasteiger partial charge >= 0.3 is 0 Å². The largest absolute Gasteiger partial charge is 0.325 e. The number of aromatic nitrogens is 4. The average Bonchev–Trinajstić information content (AvgIpc) is 3.27. The number of fused-ring (bicyclic) bond motifs is 5. The molecule has 3 heterocycles. The number of benzene rings is 1. The Morgan fingerprint density at radius 3 is 3.04 bits per heavy atom. The van der Waals surface area contributed by atoms with Crippen molar-refractivity contribution in [3.63, 3.8) is 0 Å². The van der Waals surface area contributed by atoms with Gasteiger partial charge in [0.05, 0.1) is 11.1 Å². The van der Waals surface area contributed by atoms with Crippen LogP contribution in [-0.4, -0.2) is 31.2 Å². The molecule has 1 aliphatic rings. The predicted molar refractivity (Wildman–Crippen MR) is 113 cm³/mol. The van der Waals surface area contributed by atoms with Crippen molar-refractivity contribution in [1.29, 1.82) is 0 Å². The molecule has 8 heteroatoms. The summed E-state index contributed by atoms with van der Waals surface area (Å²) in [5, 5.41) is 13.5. The van der Waals surface area contributed by atoms with Crippen molar-refractivity contribution in [3.05, 3.63) is 47.1 Å². The summed E-state index contributed by atoms with van der Waals surface area (Å²) < 4.78 is 1.91. The lowest BCUT2D eigenvalue weighted by atomic mass is 9.89. The molecule has 142 valence electrons. The maximum absolute atomic E-state index is 12.2. The Morgan fingerprint density at radius 1 is 1.32 bits per heavy atom. The number of carbonyl (C=O) groups is 1. The number of thiophene rings is 1. The highest BCUT2D eigenvalue weighted by Crippen LogP contribution is 2.39. The van der Waals surface area contributed by atoms with E-state index in [1.165, 1.54) is 28.6 Å². The van der Waals surface area contributed by atoms with Crippen LogP contribution in [0.2, 0.25) is 0 Å². The number of hydrogen-bond acceptors (Lipinski definition) is 6. The number of carbonyl (C=O) groups excluding carboxylic acids is 1. The second-order valence-corrected chi connectivity index (χ2v) is 9.18. The monoisotopic (exact) mass is 409 g/mol. The first-order valence-electron chi connectivity index (χ1n) is 9.30. The van der Waals surface area contributed by atoms with Gasteiger partial charge in [-0.15, -0.1) is 21.5 Å². The molecule has 0 unspecified atom stereocenters. The Bertz CT molecular complexity index is 1170. The van der Waals surface area contributed by atoms with Gasteiger partial charge in [0.2, 0.25) is 5.91 Å². The first-order chi connectivity index (χ1) is 13.7. The number of anilines is 1. The van der Waals surface area contributed by atoms with Crippen molar-refractivity contribution in [2.75, 3.05) is 11.1 Å². The van der Waals surface area contributed by atoms with Gasteiger partial charge in [-0.2, -0.15) is 0 Å². The number of hydrogen-bond donors (Lipinski definition) is 1. The standard InChI is InChI=1S/C20H19N5OS2/c1-12-7-8-14-15(9-12)28-19-17(14)18-23-24-20(25(18)11-21-19)27-10-16(26)22-13-5-3-2-4-6-13/h2-6,11-12H,7-10H2,1H3,(H,22,26)/t12-/m0/s1. The minimum atomic E-state index is -0.0658. The van der Waals surface area contributed by atoms with E-state index in [1.54, 1.807) is 17.7 Å². The van der Waals surface area contributed by atoms with Gasteiger partial charge in [-0.1, -0.05) is 36.9 Å². The molecular formula is C20H19N5OS2. The summed E-state index contributed by atoms with van der Waals surface area (Å²) in [6.07, 6.45) is 5.18. The maximum atomic E-state index is 12.2. The van der Waals surface area contributed by atoms with Crippen LogP contribution in [0.15, 0.2) is 41.8 Å². The van der Waals surface area contributed by atoms with Gasteiger partial charge in [0.1, 0.15) is 11.2 Å². The molecule has 0 saturated heterocycles. The zero-order valence-electron chi connectivity index (χ0n) is 15.4. The van der Waals surface area contributed by atoms with Gasteiger partial charge in [-0.25, -0.2) is 4.98 Å². The van der Waals surface area contributed by atoms with Gasteiger partial charge in [-0.3, -0.25) is 9.20 Å². The van der Waals surface area contributed by atoms with Crippen LogP contribution in [0.4, 0.5) is 5.69 Å². The topological polar surface area (TPSA) is 72.2 Å². The quantitative estimate of drug-likeness (QED) is 0.512. The van der Waals surface area contributed by atoms with Gasteiger partial charge in [0.15, 0.2) is 10.8 Å². The molecule has 5 rings (SSSR count). The molecule has 0 fully saturated rings. The number of nitrogens with one attached hydrogen (secondary N) is 1. The summed E-state index contributed by atoms with van der Waals surface area (Å²) in [5.74, 6) is 0.931. The van der Waals surface area contributed by atoms with Gasteiger partial charge in [0, 0.05) is 10.6 Å². The number of amides is 1. The lowest BCUT2D eigenvalue weighted by Crippen LogP contribution is -2.14. The average molecular weight is 410 g/mol. The molecule has 0 spiro atoms. The molecule has 0 radical (unpaired) electrons. The Balaban J connectivity index is 1.40. The third-order valence-corrected chi connectivity index (χ3v) is 7.17. The fraction of sp³-hybridized carbons (Fsp3) is 0.300. The van der Waals surface area contributed by atoms with E-state index in [0.717, 1.165) is 40.3 Å². The number of aryl methyl sites for hydroxylation is 1. The van der Waals surface area contributed by atoms with Crippen LogP contribution in [0.3, 0.4) is 0 Å². The van der Waals surface area contributed by atoms with E-state index in [9.17, 15) is 4.79 Å². The van der Waals surface area contributed by atoms with Crippen molar-refractivity contribution in [1.82, 2.24) is 19.6 Å². The zero-order chi connectivity index (χ0) is 19.1. The molecule has 1 N–H and O–H groups in total. The van der Waals surface area contributed by atoms with Gasteiger partial charge in [0.25, 0.3) is 0 Å². The van der Waals surface area contributed by atoms with E-state index >= 15 is 0 Å². The van der Waals surface area contributed by atoms with Crippen molar-refractivity contribution < 1.29 is 4.79 Å². The van der Waals surface area contributed by atoms with Crippen LogP contribution in [0.25, 0.3) is 15.9 Å². The molecule has 1 amide bonds. The SMILES string of the molecule is C[C@H]1CCc2c(sc3ncn4c(SCC(=O)Nc5ccccc5)nnc4c23)C1. The molecular weight excluding hydrogens is 390 g/mol. The summed E-state index contributed by atoms with van der Waals surface area (Å²) in [7, 11) is 0. The molecule has 3 aromatic heterocycles. The number of rotatable bonds is 4. The summed E-state index contributed by atoms with van der Waals surface area (Å²) in [6, 6.07) is 9.46.